The van der Waals surface area contributed by atoms with Crippen molar-refractivity contribution in [1.29, 1.82) is 0 Å². The van der Waals surface area contributed by atoms with Crippen molar-refractivity contribution in [3.8, 4) is 5.75 Å². The predicted octanol–water partition coefficient (Wildman–Crippen LogP) is 3.56. The van der Waals surface area contributed by atoms with E-state index >= 15 is 0 Å². The second-order valence-corrected chi connectivity index (χ2v) is 4.90. The van der Waals surface area contributed by atoms with E-state index in [-0.39, 0.29) is 0 Å². The molecule has 0 unspecified atom stereocenters. The maximum atomic E-state index is 5.26. The third-order valence-electron chi connectivity index (χ3n) is 3.57. The molecule has 3 aromatic rings. The lowest BCUT2D eigenvalue weighted by atomic mass is 10.1. The number of benzene rings is 1. The van der Waals surface area contributed by atoms with Gasteiger partial charge in [-0.15, -0.1) is 0 Å². The molecule has 1 aromatic carbocycles. The fourth-order valence-corrected chi connectivity index (χ4v) is 2.28. The molecule has 0 aliphatic carbocycles. The highest BCUT2D eigenvalue weighted by atomic mass is 16.5. The van der Waals surface area contributed by atoms with Crippen LogP contribution in [0.1, 0.15) is 11.1 Å². The number of aromatic nitrogens is 2. The SMILES string of the molecule is COc1ccc2c(NCc3cnccc3C)nccc2c1. The first-order chi connectivity index (χ1) is 10.3. The largest absolute Gasteiger partial charge is 0.497 e. The smallest absolute Gasteiger partial charge is 0.134 e. The van der Waals surface area contributed by atoms with Gasteiger partial charge in [0.05, 0.1) is 7.11 Å². The molecule has 4 heteroatoms. The lowest BCUT2D eigenvalue weighted by molar-refractivity contribution is 0.415. The number of methoxy groups -OCH3 is 1. The number of nitrogens with zero attached hydrogens (tertiary/aromatic N) is 2. The van der Waals surface area contributed by atoms with E-state index in [9.17, 15) is 0 Å². The molecule has 0 aliphatic heterocycles. The summed E-state index contributed by atoms with van der Waals surface area (Å²) >= 11 is 0. The number of hydrogen-bond donors (Lipinski definition) is 1. The Balaban J connectivity index is 1.89. The van der Waals surface area contributed by atoms with E-state index in [4.69, 9.17) is 4.74 Å². The second kappa shape index (κ2) is 5.79. The van der Waals surface area contributed by atoms with E-state index in [1.165, 1.54) is 11.1 Å². The lowest BCUT2D eigenvalue weighted by Crippen LogP contribution is -2.03. The van der Waals surface area contributed by atoms with Gasteiger partial charge in [0, 0.05) is 30.5 Å². The number of ether oxygens (including phenoxy) is 1. The Morgan fingerprint density at radius 1 is 1.14 bits per heavy atom. The highest BCUT2D eigenvalue weighted by Gasteiger charge is 2.04. The highest BCUT2D eigenvalue weighted by Crippen LogP contribution is 2.25. The molecule has 4 nitrogen and oxygen atoms in total. The van der Waals surface area contributed by atoms with Gasteiger partial charge in [-0.2, -0.15) is 0 Å². The zero-order chi connectivity index (χ0) is 14.7. The summed E-state index contributed by atoms with van der Waals surface area (Å²) in [5.41, 5.74) is 2.39. The fourth-order valence-electron chi connectivity index (χ4n) is 2.28. The maximum Gasteiger partial charge on any atom is 0.134 e. The minimum atomic E-state index is 0.706. The molecule has 0 radical (unpaired) electrons. The molecule has 0 aliphatic rings. The van der Waals surface area contributed by atoms with Crippen molar-refractivity contribution in [3.63, 3.8) is 0 Å². The third kappa shape index (κ3) is 2.79. The van der Waals surface area contributed by atoms with Crippen molar-refractivity contribution in [2.45, 2.75) is 13.5 Å². The van der Waals surface area contributed by atoms with Crippen molar-refractivity contribution in [2.24, 2.45) is 0 Å². The van der Waals surface area contributed by atoms with E-state index in [0.717, 1.165) is 22.3 Å². The Labute approximate surface area is 123 Å². The first kappa shape index (κ1) is 13.4. The summed E-state index contributed by atoms with van der Waals surface area (Å²) in [6, 6.07) is 9.98. The van der Waals surface area contributed by atoms with Gasteiger partial charge in [0.25, 0.3) is 0 Å². The van der Waals surface area contributed by atoms with Crippen molar-refractivity contribution in [2.75, 3.05) is 12.4 Å². The molecule has 21 heavy (non-hydrogen) atoms. The fraction of sp³-hybridized carbons (Fsp3) is 0.176. The summed E-state index contributed by atoms with van der Waals surface area (Å²) < 4.78 is 5.26. The molecule has 3 rings (SSSR count). The number of nitrogens with one attached hydrogen (secondary N) is 1. The number of rotatable bonds is 4. The normalized spacial score (nSPS) is 10.6. The summed E-state index contributed by atoms with van der Waals surface area (Å²) in [6.07, 6.45) is 5.50. The number of aryl methyl sites for hydroxylation is 1. The van der Waals surface area contributed by atoms with Crippen LogP contribution in [0.3, 0.4) is 0 Å². The van der Waals surface area contributed by atoms with Crippen molar-refractivity contribution >= 4 is 16.6 Å². The Bertz CT molecular complexity index is 771. The number of anilines is 1. The second-order valence-electron chi connectivity index (χ2n) is 4.90. The summed E-state index contributed by atoms with van der Waals surface area (Å²) in [6.45, 7) is 2.79. The standard InChI is InChI=1S/C17H17N3O/c1-12-5-7-18-10-14(12)11-20-17-16-4-3-15(21-2)9-13(16)6-8-19-17/h3-10H,11H2,1-2H3,(H,19,20). The van der Waals surface area contributed by atoms with Gasteiger partial charge in [0.2, 0.25) is 0 Å². The van der Waals surface area contributed by atoms with E-state index in [1.807, 2.05) is 36.5 Å². The zero-order valence-electron chi connectivity index (χ0n) is 12.1. The minimum Gasteiger partial charge on any atom is -0.497 e. The number of pyridine rings is 2. The topological polar surface area (TPSA) is 47.0 Å². The molecule has 2 aromatic heterocycles. The Hall–Kier alpha value is -2.62. The van der Waals surface area contributed by atoms with Crippen LogP contribution in [0, 0.1) is 6.92 Å². The zero-order valence-corrected chi connectivity index (χ0v) is 12.1. The Kier molecular flexibility index (Phi) is 3.69. The van der Waals surface area contributed by atoms with Crippen LogP contribution in [0.15, 0.2) is 48.9 Å². The molecule has 106 valence electrons. The number of fused-ring (bicyclic) bond motifs is 1. The van der Waals surface area contributed by atoms with Crippen LogP contribution in [-0.4, -0.2) is 17.1 Å². The molecule has 0 saturated heterocycles. The van der Waals surface area contributed by atoms with Gasteiger partial charge in [-0.3, -0.25) is 4.98 Å². The van der Waals surface area contributed by atoms with E-state index in [2.05, 4.69) is 22.2 Å². The third-order valence-corrected chi connectivity index (χ3v) is 3.57. The van der Waals surface area contributed by atoms with Crippen molar-refractivity contribution < 1.29 is 4.74 Å². The van der Waals surface area contributed by atoms with Gasteiger partial charge in [0.1, 0.15) is 11.6 Å². The molecular weight excluding hydrogens is 262 g/mol. The van der Waals surface area contributed by atoms with Crippen LogP contribution in [0.4, 0.5) is 5.82 Å². The first-order valence-corrected chi connectivity index (χ1v) is 6.84. The van der Waals surface area contributed by atoms with Crippen LogP contribution in [0.2, 0.25) is 0 Å². The average Bonchev–Trinajstić information content (AvgIpc) is 2.53. The molecule has 0 atom stereocenters. The van der Waals surface area contributed by atoms with Crippen LogP contribution < -0.4 is 10.1 Å². The highest BCUT2D eigenvalue weighted by molar-refractivity contribution is 5.92. The van der Waals surface area contributed by atoms with Crippen molar-refractivity contribution in [3.05, 3.63) is 60.0 Å². The molecule has 1 N–H and O–H groups in total. The van der Waals surface area contributed by atoms with E-state index in [1.54, 1.807) is 19.5 Å². The number of hydrogen-bond acceptors (Lipinski definition) is 4. The minimum absolute atomic E-state index is 0.706. The van der Waals surface area contributed by atoms with Crippen LogP contribution in [0.25, 0.3) is 10.8 Å². The van der Waals surface area contributed by atoms with Gasteiger partial charge in [0.15, 0.2) is 0 Å². The van der Waals surface area contributed by atoms with Crippen LogP contribution in [-0.2, 0) is 6.54 Å². The summed E-state index contributed by atoms with van der Waals surface area (Å²) in [4.78, 5) is 8.60. The molecular formula is C17H17N3O. The van der Waals surface area contributed by atoms with Crippen LogP contribution in [0.5, 0.6) is 5.75 Å². The molecule has 0 amide bonds. The lowest BCUT2D eigenvalue weighted by Gasteiger charge is -2.11. The van der Waals surface area contributed by atoms with Gasteiger partial charge < -0.3 is 10.1 Å². The average molecular weight is 279 g/mol. The van der Waals surface area contributed by atoms with Gasteiger partial charge in [-0.1, -0.05) is 0 Å². The van der Waals surface area contributed by atoms with Gasteiger partial charge >= 0.3 is 0 Å². The molecule has 0 fully saturated rings. The van der Waals surface area contributed by atoms with E-state index < -0.39 is 0 Å². The summed E-state index contributed by atoms with van der Waals surface area (Å²) in [5.74, 6) is 1.72. The Morgan fingerprint density at radius 2 is 2.05 bits per heavy atom. The monoisotopic (exact) mass is 279 g/mol. The van der Waals surface area contributed by atoms with Crippen LogP contribution >= 0.6 is 0 Å². The van der Waals surface area contributed by atoms with Gasteiger partial charge in [-0.05, 0) is 53.8 Å². The molecule has 0 saturated carbocycles. The molecule has 0 bridgehead atoms. The maximum absolute atomic E-state index is 5.26. The Morgan fingerprint density at radius 3 is 2.86 bits per heavy atom. The summed E-state index contributed by atoms with van der Waals surface area (Å²) in [7, 11) is 1.67. The van der Waals surface area contributed by atoms with Crippen molar-refractivity contribution in [1.82, 2.24) is 9.97 Å². The molecule has 2 heterocycles. The van der Waals surface area contributed by atoms with E-state index in [0.29, 0.717) is 6.54 Å². The van der Waals surface area contributed by atoms with Gasteiger partial charge in [-0.25, -0.2) is 4.98 Å². The predicted molar refractivity (Wildman–Crippen MR) is 84.6 cm³/mol. The quantitative estimate of drug-likeness (QED) is 0.793. The molecule has 0 spiro atoms. The summed E-state index contributed by atoms with van der Waals surface area (Å²) in [5, 5.41) is 5.58. The first-order valence-electron chi connectivity index (χ1n) is 6.84.